The SMILES string of the molecule is COC(=O)C1(c2ccccc2)N=CN(CCCCNc2ccnc3cc(Cl)ccc23)C1c1ccco1. The van der Waals surface area contributed by atoms with Gasteiger partial charge in [-0.3, -0.25) is 4.98 Å². The van der Waals surface area contributed by atoms with Crippen molar-refractivity contribution in [1.29, 1.82) is 0 Å². The zero-order valence-corrected chi connectivity index (χ0v) is 20.7. The number of aliphatic imine (C=N–C) groups is 1. The molecule has 36 heavy (non-hydrogen) atoms. The quantitative estimate of drug-likeness (QED) is 0.229. The Bertz CT molecular complexity index is 1360. The second-order valence-electron chi connectivity index (χ2n) is 8.68. The first-order chi connectivity index (χ1) is 17.6. The number of aromatic nitrogens is 1. The van der Waals surface area contributed by atoms with Gasteiger partial charge in [0.2, 0.25) is 5.54 Å². The van der Waals surface area contributed by atoms with Crippen molar-refractivity contribution >= 4 is 40.5 Å². The number of rotatable bonds is 9. The lowest BCUT2D eigenvalue weighted by Crippen LogP contribution is -2.43. The van der Waals surface area contributed by atoms with E-state index in [9.17, 15) is 4.79 Å². The topological polar surface area (TPSA) is 80.0 Å². The van der Waals surface area contributed by atoms with E-state index >= 15 is 0 Å². The second-order valence-corrected chi connectivity index (χ2v) is 9.11. The van der Waals surface area contributed by atoms with E-state index in [1.165, 1.54) is 7.11 Å². The van der Waals surface area contributed by atoms with Crippen molar-refractivity contribution < 1.29 is 13.9 Å². The van der Waals surface area contributed by atoms with Gasteiger partial charge in [0.15, 0.2) is 0 Å². The Morgan fingerprint density at radius 3 is 2.78 bits per heavy atom. The lowest BCUT2D eigenvalue weighted by molar-refractivity contribution is -0.149. The number of furan rings is 1. The third-order valence-corrected chi connectivity index (χ3v) is 6.76. The first kappa shape index (κ1) is 23.9. The molecule has 0 bridgehead atoms. The normalized spacial score (nSPS) is 19.1. The standard InChI is InChI=1S/C28H27ClN4O3/c1-35-27(34)28(20-8-3-2-4-9-20)26(25-10-7-17-36-25)33(19-32-28)16-6-5-14-30-23-13-15-31-24-18-21(29)11-12-22(23)24/h2-4,7-13,15,17-19,26H,5-6,14,16H2,1H3,(H,30,31). The summed E-state index contributed by atoms with van der Waals surface area (Å²) in [5.74, 6) is 0.252. The summed E-state index contributed by atoms with van der Waals surface area (Å²) in [5, 5.41) is 5.22. The number of fused-ring (bicyclic) bond motifs is 1. The van der Waals surface area contributed by atoms with Crippen LogP contribution in [0.3, 0.4) is 0 Å². The molecule has 0 saturated carbocycles. The molecule has 1 aliphatic heterocycles. The number of pyridine rings is 1. The van der Waals surface area contributed by atoms with Crippen LogP contribution < -0.4 is 5.32 Å². The molecule has 7 nitrogen and oxygen atoms in total. The fourth-order valence-electron chi connectivity index (χ4n) is 4.83. The molecule has 0 spiro atoms. The molecule has 1 aliphatic rings. The summed E-state index contributed by atoms with van der Waals surface area (Å²) in [5.41, 5.74) is 1.43. The molecule has 5 rings (SSSR count). The number of halogens is 1. The molecule has 1 N–H and O–H groups in total. The molecular formula is C28H27ClN4O3. The molecule has 0 amide bonds. The van der Waals surface area contributed by atoms with Gasteiger partial charge in [0, 0.05) is 35.4 Å². The van der Waals surface area contributed by atoms with Crippen LogP contribution in [0, 0.1) is 0 Å². The Labute approximate surface area is 214 Å². The van der Waals surface area contributed by atoms with Gasteiger partial charge in [-0.05, 0) is 54.8 Å². The Hall–Kier alpha value is -3.84. The van der Waals surface area contributed by atoms with Crippen LogP contribution in [0.4, 0.5) is 5.69 Å². The molecule has 3 heterocycles. The highest BCUT2D eigenvalue weighted by Crippen LogP contribution is 2.47. The molecule has 2 aromatic carbocycles. The van der Waals surface area contributed by atoms with Crippen LogP contribution in [0.2, 0.25) is 5.02 Å². The number of benzene rings is 2. The van der Waals surface area contributed by atoms with Crippen LogP contribution in [-0.4, -0.2) is 42.4 Å². The number of unbranched alkanes of at least 4 members (excludes halogenated alkanes) is 1. The Kier molecular flexibility index (Phi) is 6.91. The van der Waals surface area contributed by atoms with E-state index in [1.807, 2.05) is 66.7 Å². The van der Waals surface area contributed by atoms with Crippen molar-refractivity contribution in [3.8, 4) is 0 Å². The maximum absolute atomic E-state index is 13.2. The lowest BCUT2D eigenvalue weighted by Gasteiger charge is -2.34. The van der Waals surface area contributed by atoms with Gasteiger partial charge in [-0.1, -0.05) is 41.9 Å². The number of hydrogen-bond donors (Lipinski definition) is 1. The summed E-state index contributed by atoms with van der Waals surface area (Å²) in [4.78, 5) is 24.4. The van der Waals surface area contributed by atoms with Gasteiger partial charge in [0.05, 0.1) is 25.2 Å². The average molecular weight is 503 g/mol. The molecule has 0 radical (unpaired) electrons. The summed E-state index contributed by atoms with van der Waals surface area (Å²) in [6, 6.07) is 20.5. The number of carbonyl (C=O) groups excluding carboxylic acids is 1. The first-order valence-electron chi connectivity index (χ1n) is 11.9. The zero-order valence-electron chi connectivity index (χ0n) is 19.9. The van der Waals surface area contributed by atoms with Crippen molar-refractivity contribution in [1.82, 2.24) is 9.88 Å². The Morgan fingerprint density at radius 2 is 2.00 bits per heavy atom. The van der Waals surface area contributed by atoms with Crippen LogP contribution in [0.1, 0.15) is 30.2 Å². The van der Waals surface area contributed by atoms with Crippen molar-refractivity contribution in [3.63, 3.8) is 0 Å². The number of anilines is 1. The van der Waals surface area contributed by atoms with E-state index in [1.54, 1.807) is 18.8 Å². The minimum Gasteiger partial charge on any atom is -0.467 e. The van der Waals surface area contributed by atoms with E-state index in [-0.39, 0.29) is 0 Å². The smallest absolute Gasteiger partial charge is 0.341 e. The molecular weight excluding hydrogens is 476 g/mol. The van der Waals surface area contributed by atoms with Gasteiger partial charge in [-0.25, -0.2) is 9.79 Å². The summed E-state index contributed by atoms with van der Waals surface area (Å²) < 4.78 is 11.1. The molecule has 8 heteroatoms. The van der Waals surface area contributed by atoms with Crippen molar-refractivity contribution in [3.05, 3.63) is 95.5 Å². The van der Waals surface area contributed by atoms with Crippen molar-refractivity contribution in [2.45, 2.75) is 24.4 Å². The second kappa shape index (κ2) is 10.4. The number of hydrogen-bond acceptors (Lipinski definition) is 7. The third-order valence-electron chi connectivity index (χ3n) is 6.52. The molecule has 0 saturated heterocycles. The van der Waals surface area contributed by atoms with E-state index in [4.69, 9.17) is 25.7 Å². The van der Waals surface area contributed by atoms with Gasteiger partial charge in [-0.2, -0.15) is 0 Å². The minimum atomic E-state index is -1.23. The van der Waals surface area contributed by atoms with E-state index < -0.39 is 17.6 Å². The van der Waals surface area contributed by atoms with Crippen LogP contribution >= 0.6 is 11.6 Å². The fraction of sp³-hybridized carbons (Fsp3) is 0.250. The Balaban J connectivity index is 1.29. The van der Waals surface area contributed by atoms with Crippen molar-refractivity contribution in [2.75, 3.05) is 25.5 Å². The number of nitrogens with one attached hydrogen (secondary N) is 1. The zero-order chi connectivity index (χ0) is 25.0. The summed E-state index contributed by atoms with van der Waals surface area (Å²) in [7, 11) is 1.40. The predicted octanol–water partition coefficient (Wildman–Crippen LogP) is 5.83. The van der Waals surface area contributed by atoms with E-state index in [0.717, 1.165) is 41.5 Å². The number of methoxy groups -OCH3 is 1. The van der Waals surface area contributed by atoms with Gasteiger partial charge in [-0.15, -0.1) is 0 Å². The van der Waals surface area contributed by atoms with Gasteiger partial charge >= 0.3 is 5.97 Å². The molecule has 4 aromatic rings. The monoisotopic (exact) mass is 502 g/mol. The highest BCUT2D eigenvalue weighted by atomic mass is 35.5. The molecule has 2 atom stereocenters. The molecule has 2 aromatic heterocycles. The van der Waals surface area contributed by atoms with E-state index in [0.29, 0.717) is 17.3 Å². The largest absolute Gasteiger partial charge is 0.467 e. The maximum atomic E-state index is 13.2. The number of ether oxygens (including phenoxy) is 1. The van der Waals surface area contributed by atoms with Gasteiger partial charge in [0.25, 0.3) is 0 Å². The number of nitrogens with zero attached hydrogens (tertiary/aromatic N) is 3. The molecule has 0 fully saturated rings. The van der Waals surface area contributed by atoms with Crippen LogP contribution in [0.5, 0.6) is 0 Å². The minimum absolute atomic E-state index is 0.416. The Morgan fingerprint density at radius 1 is 1.14 bits per heavy atom. The van der Waals surface area contributed by atoms with Crippen LogP contribution in [0.25, 0.3) is 10.9 Å². The maximum Gasteiger partial charge on any atom is 0.341 e. The molecule has 0 aliphatic carbocycles. The average Bonchev–Trinajstić information content (AvgIpc) is 3.57. The third kappa shape index (κ3) is 4.42. The van der Waals surface area contributed by atoms with E-state index in [2.05, 4.69) is 15.2 Å². The van der Waals surface area contributed by atoms with Crippen molar-refractivity contribution in [2.24, 2.45) is 4.99 Å². The van der Waals surface area contributed by atoms with Crippen LogP contribution in [-0.2, 0) is 15.1 Å². The lowest BCUT2D eigenvalue weighted by atomic mass is 9.82. The summed E-state index contributed by atoms with van der Waals surface area (Å²) in [6.07, 6.45) is 6.96. The highest BCUT2D eigenvalue weighted by Gasteiger charge is 2.55. The first-order valence-corrected chi connectivity index (χ1v) is 12.3. The van der Waals surface area contributed by atoms with Crippen LogP contribution in [0.15, 0.2) is 88.6 Å². The molecule has 184 valence electrons. The fourth-order valence-corrected chi connectivity index (χ4v) is 4.99. The number of esters is 1. The highest BCUT2D eigenvalue weighted by molar-refractivity contribution is 6.31. The summed E-state index contributed by atoms with van der Waals surface area (Å²) >= 11 is 6.10. The number of carbonyl (C=O) groups is 1. The predicted molar refractivity (Wildman–Crippen MR) is 141 cm³/mol. The van der Waals surface area contributed by atoms with Gasteiger partial charge < -0.3 is 19.4 Å². The summed E-state index contributed by atoms with van der Waals surface area (Å²) in [6.45, 7) is 1.49. The van der Waals surface area contributed by atoms with Gasteiger partial charge in [0.1, 0.15) is 11.8 Å². The molecule has 2 unspecified atom stereocenters.